The van der Waals surface area contributed by atoms with E-state index < -0.39 is 0 Å². The van der Waals surface area contributed by atoms with E-state index >= 15 is 0 Å². The molecule has 6 aliphatic rings. The molecule has 4 amide bonds. The number of phenols is 1. The summed E-state index contributed by atoms with van der Waals surface area (Å²) in [6.07, 6.45) is 16.1. The average Bonchev–Trinajstić information content (AvgIpc) is 3.71. The lowest BCUT2D eigenvalue weighted by atomic mass is 9.68. The molecule has 4 aromatic rings. The molecule has 10 heteroatoms. The van der Waals surface area contributed by atoms with Crippen LogP contribution in [-0.2, 0) is 24.2 Å². The topological polar surface area (TPSA) is 83.0 Å². The zero-order valence-corrected chi connectivity index (χ0v) is 41.0. The minimum atomic E-state index is -0.0715. The molecule has 2 heterocycles. The van der Waals surface area contributed by atoms with Crippen LogP contribution < -0.4 is 4.74 Å². The van der Waals surface area contributed by atoms with Crippen LogP contribution in [0.25, 0.3) is 0 Å². The van der Waals surface area contributed by atoms with Gasteiger partial charge in [0.1, 0.15) is 11.5 Å². The quantitative estimate of drug-likeness (QED) is 0.144. The Morgan fingerprint density at radius 2 is 0.910 bits per heavy atom. The van der Waals surface area contributed by atoms with Gasteiger partial charge in [-0.25, -0.2) is 9.59 Å². The number of carbonyl (C=O) groups excluding carboxylic acids is 2. The number of methoxy groups -OCH3 is 1. The summed E-state index contributed by atoms with van der Waals surface area (Å²) in [5, 5.41) is 9.64. The molecule has 358 valence electrons. The fraction of sp³-hybridized carbons (Fsp3) is 0.544. The lowest BCUT2D eigenvalue weighted by molar-refractivity contribution is 0.0158. The second-order valence-corrected chi connectivity index (χ2v) is 21.6. The van der Waals surface area contributed by atoms with Crippen molar-refractivity contribution in [3.63, 3.8) is 0 Å². The predicted molar refractivity (Wildman–Crippen MR) is 267 cm³/mol. The maximum Gasteiger partial charge on any atom is 0.320 e. The number of hydrogen-bond donors (Lipinski definition) is 1. The number of aromatic hydroxyl groups is 1. The van der Waals surface area contributed by atoms with Crippen LogP contribution in [0.1, 0.15) is 112 Å². The molecule has 0 atom stereocenters. The summed E-state index contributed by atoms with van der Waals surface area (Å²) >= 11 is 0. The number of carbonyl (C=O) groups is 2. The number of hydrogen-bond acceptors (Lipinski definition) is 6. The van der Waals surface area contributed by atoms with E-state index in [1.54, 1.807) is 19.2 Å². The number of benzene rings is 4. The predicted octanol–water partition coefficient (Wildman–Crippen LogP) is 10.7. The van der Waals surface area contributed by atoms with Gasteiger partial charge in [-0.1, -0.05) is 97.8 Å². The third-order valence-electron chi connectivity index (χ3n) is 17.6. The Kier molecular flexibility index (Phi) is 13.7. The van der Waals surface area contributed by atoms with Gasteiger partial charge >= 0.3 is 12.1 Å². The van der Waals surface area contributed by atoms with E-state index in [-0.39, 0.29) is 40.0 Å². The van der Waals surface area contributed by atoms with Crippen molar-refractivity contribution in [1.82, 2.24) is 29.4 Å². The summed E-state index contributed by atoms with van der Waals surface area (Å²) in [6, 6.07) is 37.7. The van der Waals surface area contributed by atoms with Gasteiger partial charge in [0.15, 0.2) is 0 Å². The summed E-state index contributed by atoms with van der Waals surface area (Å²) in [5.41, 5.74) is 4.98. The highest BCUT2D eigenvalue weighted by atomic mass is 16.5. The Balaban J connectivity index is 0.000000168. The zero-order chi connectivity index (χ0) is 46.8. The summed E-state index contributed by atoms with van der Waals surface area (Å²) < 4.78 is 5.31. The van der Waals surface area contributed by atoms with Crippen molar-refractivity contribution in [2.75, 3.05) is 61.5 Å². The van der Waals surface area contributed by atoms with Crippen LogP contribution in [0.3, 0.4) is 0 Å². The largest absolute Gasteiger partial charge is 0.508 e. The number of urea groups is 2. The van der Waals surface area contributed by atoms with Crippen LogP contribution >= 0.6 is 0 Å². The maximum absolute atomic E-state index is 13.8. The maximum atomic E-state index is 13.8. The molecule has 6 fully saturated rings. The Morgan fingerprint density at radius 3 is 1.24 bits per heavy atom. The van der Waals surface area contributed by atoms with Crippen LogP contribution in [0.2, 0.25) is 0 Å². The van der Waals surface area contributed by atoms with E-state index in [1.165, 1.54) is 49.7 Å². The number of phenolic OH excluding ortho intramolecular Hbond substituents is 1. The van der Waals surface area contributed by atoms with Gasteiger partial charge in [0, 0.05) is 50.3 Å². The summed E-state index contributed by atoms with van der Waals surface area (Å²) in [7, 11) is 10.5. The molecule has 4 aliphatic carbocycles. The molecule has 4 aromatic carbocycles. The minimum Gasteiger partial charge on any atom is -0.508 e. The van der Waals surface area contributed by atoms with Crippen molar-refractivity contribution in [2.45, 2.75) is 125 Å². The van der Waals surface area contributed by atoms with E-state index in [4.69, 9.17) is 4.74 Å². The van der Waals surface area contributed by atoms with Crippen LogP contribution in [-0.4, -0.2) is 119 Å². The molecule has 4 saturated carbocycles. The van der Waals surface area contributed by atoms with Gasteiger partial charge in [-0.15, -0.1) is 0 Å². The van der Waals surface area contributed by atoms with E-state index in [0.29, 0.717) is 24.9 Å². The van der Waals surface area contributed by atoms with E-state index in [1.807, 2.05) is 24.3 Å². The van der Waals surface area contributed by atoms with Gasteiger partial charge in [0.25, 0.3) is 0 Å². The second-order valence-electron chi connectivity index (χ2n) is 21.6. The van der Waals surface area contributed by atoms with Crippen LogP contribution in [0, 0.1) is 11.8 Å². The highest BCUT2D eigenvalue weighted by Gasteiger charge is 2.56. The van der Waals surface area contributed by atoms with Crippen LogP contribution in [0.4, 0.5) is 9.59 Å². The average molecular weight is 909 g/mol. The van der Waals surface area contributed by atoms with Crippen LogP contribution in [0.15, 0.2) is 109 Å². The Morgan fingerprint density at radius 1 is 0.537 bits per heavy atom. The monoisotopic (exact) mass is 909 g/mol. The zero-order valence-electron chi connectivity index (χ0n) is 41.0. The Labute approximate surface area is 400 Å². The smallest absolute Gasteiger partial charge is 0.320 e. The molecule has 0 unspecified atom stereocenters. The number of ether oxygens (including phenoxy) is 1. The molecular weight excluding hydrogens is 833 g/mol. The third kappa shape index (κ3) is 9.29. The lowest BCUT2D eigenvalue weighted by Gasteiger charge is -2.51. The SMILES string of the molecule is CN(C)C1(c2ccccc2)CCC2(CC1)CN(Cc1ccc(O)cc1)C(=O)N2CC1CCC1.COc1ccc(CN2CC3(CCC(c4ccccc4)(N(C)C)CC3)N(CC3CCC3)C2=O)cc1. The van der Waals surface area contributed by atoms with Crippen molar-refractivity contribution in [3.8, 4) is 11.5 Å². The highest BCUT2D eigenvalue weighted by molar-refractivity contribution is 5.79. The first-order chi connectivity index (χ1) is 32.4. The molecule has 0 radical (unpaired) electrons. The molecular formula is C57H76N6O4. The van der Waals surface area contributed by atoms with E-state index in [0.717, 1.165) is 94.4 Å². The molecule has 0 bridgehead atoms. The van der Waals surface area contributed by atoms with Gasteiger partial charge in [-0.2, -0.15) is 0 Å². The summed E-state index contributed by atoms with van der Waals surface area (Å²) in [4.78, 5) is 41.0. The number of rotatable bonds is 13. The van der Waals surface area contributed by atoms with Crippen molar-refractivity contribution < 1.29 is 19.4 Å². The molecule has 10 nitrogen and oxygen atoms in total. The minimum absolute atomic E-state index is 0.0298. The molecule has 0 aromatic heterocycles. The van der Waals surface area contributed by atoms with Crippen molar-refractivity contribution >= 4 is 12.1 Å². The normalized spacial score (nSPS) is 27.7. The number of nitrogens with zero attached hydrogens (tertiary/aromatic N) is 6. The summed E-state index contributed by atoms with van der Waals surface area (Å²) in [6.45, 7) is 4.76. The highest BCUT2D eigenvalue weighted by Crippen LogP contribution is 2.51. The fourth-order valence-electron chi connectivity index (χ4n) is 12.8. The van der Waals surface area contributed by atoms with Gasteiger partial charge in [0.05, 0.1) is 18.2 Å². The van der Waals surface area contributed by atoms with Crippen molar-refractivity contribution in [1.29, 1.82) is 0 Å². The van der Waals surface area contributed by atoms with Gasteiger partial charge < -0.3 is 29.4 Å². The Bertz CT molecular complexity index is 2260. The number of amides is 4. The molecule has 67 heavy (non-hydrogen) atoms. The lowest BCUT2D eigenvalue weighted by Crippen LogP contribution is -2.56. The van der Waals surface area contributed by atoms with Gasteiger partial charge in [-0.05, 0) is 164 Å². The first-order valence-corrected chi connectivity index (χ1v) is 25.4. The molecule has 1 N–H and O–H groups in total. The molecule has 2 spiro atoms. The second kappa shape index (κ2) is 19.5. The Hall–Kier alpha value is -5.06. The van der Waals surface area contributed by atoms with Crippen molar-refractivity contribution in [2.24, 2.45) is 11.8 Å². The standard InChI is InChI=1S/C29H39N3O2.C28H37N3O2/c1-30(2)29(25-10-5-4-6-11-25)18-16-28(17-19-29)22-31(20-24-12-14-26(34-3)15-13-24)27(33)32(28)21-23-8-7-9-23;1-29(2)28(24-9-4-3-5-10-24)17-15-27(16-18-28)21-30(19-23-11-13-25(32)14-12-23)26(33)31(27)20-22-7-6-8-22/h4-6,10-15,23H,7-9,16-22H2,1-3H3;3-5,9-14,22,32H,6-8,15-21H2,1-2H3. The van der Waals surface area contributed by atoms with E-state index in [2.05, 4.69) is 130 Å². The van der Waals surface area contributed by atoms with Crippen molar-refractivity contribution in [3.05, 3.63) is 131 Å². The molecule has 10 rings (SSSR count). The third-order valence-corrected chi connectivity index (χ3v) is 17.6. The fourth-order valence-corrected chi connectivity index (χ4v) is 12.8. The summed E-state index contributed by atoms with van der Waals surface area (Å²) in [5.74, 6) is 2.46. The van der Waals surface area contributed by atoms with Crippen LogP contribution in [0.5, 0.6) is 11.5 Å². The van der Waals surface area contributed by atoms with Gasteiger partial charge in [-0.3, -0.25) is 9.80 Å². The molecule has 2 saturated heterocycles. The molecule has 2 aliphatic heterocycles. The first-order valence-electron chi connectivity index (χ1n) is 25.4. The van der Waals surface area contributed by atoms with Gasteiger partial charge in [0.2, 0.25) is 0 Å². The van der Waals surface area contributed by atoms with E-state index in [9.17, 15) is 14.7 Å². The first kappa shape index (κ1) is 47.0.